The van der Waals surface area contributed by atoms with Crippen LogP contribution in [-0.4, -0.2) is 52.5 Å². The zero-order valence-electron chi connectivity index (χ0n) is 11.1. The van der Waals surface area contributed by atoms with Crippen molar-refractivity contribution in [1.29, 1.82) is 0 Å². The van der Waals surface area contributed by atoms with Crippen molar-refractivity contribution in [2.24, 2.45) is 0 Å². The van der Waals surface area contributed by atoms with Gasteiger partial charge in [-0.1, -0.05) is 11.8 Å². The van der Waals surface area contributed by atoms with Crippen molar-refractivity contribution in [2.45, 2.75) is 36.6 Å². The van der Waals surface area contributed by atoms with Gasteiger partial charge in [0.1, 0.15) is 6.10 Å². The second kappa shape index (κ2) is 5.48. The molecule has 21 heavy (non-hydrogen) atoms. The van der Waals surface area contributed by atoms with Crippen LogP contribution in [0.15, 0.2) is 9.95 Å². The first kappa shape index (κ1) is 14.6. The quantitative estimate of drug-likeness (QED) is 0.583. The molecule has 1 N–H and O–H groups in total. The SMILES string of the molecule is O=C(CSc1n[nH]c(=O)n1C1CC1)O[C@@H]1CCS(=O)(=O)C1. The number of nitrogens with one attached hydrogen (secondary N) is 1. The molecule has 0 aromatic carbocycles. The molecular weight excluding hydrogens is 318 g/mol. The van der Waals surface area contributed by atoms with E-state index in [1.807, 2.05) is 0 Å². The predicted molar refractivity (Wildman–Crippen MR) is 75.0 cm³/mol. The van der Waals surface area contributed by atoms with Crippen LogP contribution in [0.2, 0.25) is 0 Å². The topological polar surface area (TPSA) is 111 Å². The van der Waals surface area contributed by atoms with Gasteiger partial charge in [0.05, 0.1) is 17.3 Å². The number of aromatic nitrogens is 3. The molecular formula is C11H15N3O5S2. The summed E-state index contributed by atoms with van der Waals surface area (Å²) in [7, 11) is -3.06. The van der Waals surface area contributed by atoms with E-state index in [0.29, 0.717) is 11.6 Å². The number of esters is 1. The van der Waals surface area contributed by atoms with Crippen LogP contribution in [-0.2, 0) is 19.4 Å². The first-order valence-electron chi connectivity index (χ1n) is 6.64. The Labute approximate surface area is 125 Å². The average Bonchev–Trinajstić information content (AvgIpc) is 3.09. The maximum Gasteiger partial charge on any atom is 0.344 e. The largest absolute Gasteiger partial charge is 0.461 e. The number of thioether (sulfide) groups is 1. The van der Waals surface area contributed by atoms with Crippen molar-refractivity contribution < 1.29 is 17.9 Å². The molecule has 2 fully saturated rings. The number of rotatable bonds is 5. The summed E-state index contributed by atoms with van der Waals surface area (Å²) in [5, 5.41) is 6.73. The van der Waals surface area contributed by atoms with Gasteiger partial charge in [-0.3, -0.25) is 9.36 Å². The van der Waals surface area contributed by atoms with Crippen molar-refractivity contribution >= 4 is 27.6 Å². The van der Waals surface area contributed by atoms with Crippen molar-refractivity contribution in [3.8, 4) is 0 Å². The maximum absolute atomic E-state index is 11.7. The molecule has 0 radical (unpaired) electrons. The van der Waals surface area contributed by atoms with Gasteiger partial charge < -0.3 is 4.74 Å². The van der Waals surface area contributed by atoms with Crippen molar-refractivity contribution in [2.75, 3.05) is 17.3 Å². The number of sulfone groups is 1. The van der Waals surface area contributed by atoms with Crippen LogP contribution < -0.4 is 5.69 Å². The van der Waals surface area contributed by atoms with E-state index in [1.165, 1.54) is 0 Å². The smallest absolute Gasteiger partial charge is 0.344 e. The molecule has 116 valence electrons. The van der Waals surface area contributed by atoms with E-state index in [-0.39, 0.29) is 29.0 Å². The van der Waals surface area contributed by atoms with Crippen molar-refractivity contribution in [3.63, 3.8) is 0 Å². The fourth-order valence-electron chi connectivity index (χ4n) is 2.24. The maximum atomic E-state index is 11.7. The normalized spacial score (nSPS) is 24.1. The lowest BCUT2D eigenvalue weighted by molar-refractivity contribution is -0.144. The fraction of sp³-hybridized carbons (Fsp3) is 0.727. The molecule has 3 rings (SSSR count). The van der Waals surface area contributed by atoms with Gasteiger partial charge in [-0.25, -0.2) is 18.3 Å². The van der Waals surface area contributed by atoms with Crippen LogP contribution in [0.1, 0.15) is 25.3 Å². The summed E-state index contributed by atoms with van der Waals surface area (Å²) in [6.07, 6.45) is 1.69. The molecule has 0 amide bonds. The van der Waals surface area contributed by atoms with Crippen LogP contribution in [0.25, 0.3) is 0 Å². The summed E-state index contributed by atoms with van der Waals surface area (Å²) in [6, 6.07) is 0.176. The third kappa shape index (κ3) is 3.49. The van der Waals surface area contributed by atoms with Gasteiger partial charge in [-0.15, -0.1) is 5.10 Å². The highest BCUT2D eigenvalue weighted by molar-refractivity contribution is 7.99. The highest BCUT2D eigenvalue weighted by atomic mass is 32.2. The van der Waals surface area contributed by atoms with E-state index in [4.69, 9.17) is 4.74 Å². The Morgan fingerprint density at radius 2 is 2.19 bits per heavy atom. The standard InChI is InChI=1S/C11H15N3O5S2/c15-9(19-8-3-4-21(17,18)6-8)5-20-11-13-12-10(16)14(11)7-1-2-7/h7-8H,1-6H2,(H,12,16)/t8-/m1/s1. The first-order valence-corrected chi connectivity index (χ1v) is 9.45. The summed E-state index contributed by atoms with van der Waals surface area (Å²) < 4.78 is 29.2. The Hall–Kier alpha value is -1.29. The summed E-state index contributed by atoms with van der Waals surface area (Å²) >= 11 is 1.12. The molecule has 10 heteroatoms. The number of carbonyl (C=O) groups is 1. The lowest BCUT2D eigenvalue weighted by Gasteiger charge is -2.09. The fourth-order valence-corrected chi connectivity index (χ4v) is 4.63. The second-order valence-electron chi connectivity index (χ2n) is 5.22. The predicted octanol–water partition coefficient (Wildman–Crippen LogP) is -0.271. The zero-order valence-corrected chi connectivity index (χ0v) is 12.8. The van der Waals surface area contributed by atoms with Gasteiger partial charge in [0.25, 0.3) is 0 Å². The monoisotopic (exact) mass is 333 g/mol. The van der Waals surface area contributed by atoms with Crippen molar-refractivity contribution in [1.82, 2.24) is 14.8 Å². The summed E-state index contributed by atoms with van der Waals surface area (Å²) in [6.45, 7) is 0. The molecule has 1 aliphatic carbocycles. The number of H-pyrrole nitrogens is 1. The minimum atomic E-state index is -3.06. The summed E-state index contributed by atoms with van der Waals surface area (Å²) in [5.74, 6) is -0.509. The molecule has 2 heterocycles. The van der Waals surface area contributed by atoms with Crippen LogP contribution in [0, 0.1) is 0 Å². The first-order chi connectivity index (χ1) is 9.94. The molecule has 1 saturated heterocycles. The van der Waals surface area contributed by atoms with Crippen LogP contribution in [0.4, 0.5) is 0 Å². The average molecular weight is 333 g/mol. The third-order valence-corrected chi connectivity index (χ3v) is 6.06. The number of carbonyl (C=O) groups excluding carboxylic acids is 1. The minimum Gasteiger partial charge on any atom is -0.461 e. The minimum absolute atomic E-state index is 0.00750. The van der Waals surface area contributed by atoms with E-state index in [1.54, 1.807) is 4.57 Å². The highest BCUT2D eigenvalue weighted by Crippen LogP contribution is 2.36. The molecule has 2 aliphatic rings. The molecule has 1 aromatic heterocycles. The van der Waals surface area contributed by atoms with Crippen LogP contribution >= 0.6 is 11.8 Å². The van der Waals surface area contributed by atoms with Crippen LogP contribution in [0.3, 0.4) is 0 Å². The van der Waals surface area contributed by atoms with Gasteiger partial charge in [0, 0.05) is 6.04 Å². The second-order valence-corrected chi connectivity index (χ2v) is 8.39. The highest BCUT2D eigenvalue weighted by Gasteiger charge is 2.31. The molecule has 1 saturated carbocycles. The number of aromatic amines is 1. The number of nitrogens with zero attached hydrogens (tertiary/aromatic N) is 2. The van der Waals surface area contributed by atoms with Gasteiger partial charge in [-0.2, -0.15) is 0 Å². The van der Waals surface area contributed by atoms with E-state index >= 15 is 0 Å². The molecule has 0 spiro atoms. The lowest BCUT2D eigenvalue weighted by atomic mass is 10.3. The van der Waals surface area contributed by atoms with Crippen molar-refractivity contribution in [3.05, 3.63) is 10.5 Å². The molecule has 1 aliphatic heterocycles. The number of hydrogen-bond donors (Lipinski definition) is 1. The van der Waals surface area contributed by atoms with E-state index in [0.717, 1.165) is 24.6 Å². The molecule has 8 nitrogen and oxygen atoms in total. The number of hydrogen-bond acceptors (Lipinski definition) is 7. The Kier molecular flexibility index (Phi) is 3.82. The Morgan fingerprint density at radius 3 is 2.81 bits per heavy atom. The molecule has 1 aromatic rings. The summed E-state index contributed by atoms with van der Waals surface area (Å²) in [5.41, 5.74) is -0.268. The van der Waals surface area contributed by atoms with Crippen LogP contribution in [0.5, 0.6) is 0 Å². The van der Waals surface area contributed by atoms with E-state index in [2.05, 4.69) is 10.2 Å². The Bertz CT molecular complexity index is 704. The van der Waals surface area contributed by atoms with E-state index in [9.17, 15) is 18.0 Å². The molecule has 0 bridgehead atoms. The molecule has 0 unspecified atom stereocenters. The molecule has 1 atom stereocenters. The summed E-state index contributed by atoms with van der Waals surface area (Å²) in [4.78, 5) is 23.3. The third-order valence-electron chi connectivity index (χ3n) is 3.39. The van der Waals surface area contributed by atoms with E-state index < -0.39 is 21.9 Å². The lowest BCUT2D eigenvalue weighted by Crippen LogP contribution is -2.21. The van der Waals surface area contributed by atoms with Gasteiger partial charge in [0.2, 0.25) is 0 Å². The Balaban J connectivity index is 1.53. The Morgan fingerprint density at radius 1 is 1.43 bits per heavy atom. The van der Waals surface area contributed by atoms with Gasteiger partial charge in [0.15, 0.2) is 15.0 Å². The number of ether oxygens (including phenoxy) is 1. The van der Waals surface area contributed by atoms with Gasteiger partial charge in [-0.05, 0) is 19.3 Å². The zero-order chi connectivity index (χ0) is 15.0. The van der Waals surface area contributed by atoms with Gasteiger partial charge >= 0.3 is 11.7 Å².